The second-order valence-electron chi connectivity index (χ2n) is 7.23. The second kappa shape index (κ2) is 9.07. The molecule has 0 unspecified atom stereocenters. The standard InChI is InChI=1S/C21H22ClN5O2S/c22-18-7-6-17(30-18)16(28)5-8-20(29)27-11-9-26(10-12-27)13-19-24-15-4-2-1-3-14(15)21(23)25-19/h1-4,6-7H,5,8-13H2,(H2,23,24,25). The van der Waals surface area contributed by atoms with Crippen molar-refractivity contribution in [3.8, 4) is 0 Å². The summed E-state index contributed by atoms with van der Waals surface area (Å²) < 4.78 is 0.581. The molecule has 1 saturated heterocycles. The van der Waals surface area contributed by atoms with E-state index in [0.717, 1.165) is 24.0 Å². The van der Waals surface area contributed by atoms with Gasteiger partial charge in [-0.2, -0.15) is 0 Å². The van der Waals surface area contributed by atoms with E-state index in [4.69, 9.17) is 17.3 Å². The van der Waals surface area contributed by atoms with Gasteiger partial charge in [-0.3, -0.25) is 14.5 Å². The molecule has 0 bridgehead atoms. The number of anilines is 1. The zero-order chi connectivity index (χ0) is 21.1. The van der Waals surface area contributed by atoms with Crippen molar-refractivity contribution in [3.63, 3.8) is 0 Å². The largest absolute Gasteiger partial charge is 0.383 e. The second-order valence-corrected chi connectivity index (χ2v) is 8.94. The fourth-order valence-electron chi connectivity index (χ4n) is 3.54. The number of nitrogen functional groups attached to an aromatic ring is 1. The van der Waals surface area contributed by atoms with E-state index in [1.807, 2.05) is 29.2 Å². The van der Waals surface area contributed by atoms with Crippen LogP contribution in [0, 0.1) is 0 Å². The topological polar surface area (TPSA) is 92.4 Å². The number of hydrogen-bond donors (Lipinski definition) is 1. The van der Waals surface area contributed by atoms with Crippen LogP contribution in [0.15, 0.2) is 36.4 Å². The maximum Gasteiger partial charge on any atom is 0.223 e. The van der Waals surface area contributed by atoms with Crippen LogP contribution in [-0.2, 0) is 11.3 Å². The quantitative estimate of drug-likeness (QED) is 0.588. The van der Waals surface area contributed by atoms with Crippen LogP contribution in [0.5, 0.6) is 0 Å². The molecule has 0 spiro atoms. The number of piperazine rings is 1. The Labute approximate surface area is 183 Å². The van der Waals surface area contributed by atoms with Crippen LogP contribution in [0.3, 0.4) is 0 Å². The fourth-order valence-corrected chi connectivity index (χ4v) is 4.55. The lowest BCUT2D eigenvalue weighted by atomic mass is 10.1. The number of nitrogens with zero attached hydrogens (tertiary/aromatic N) is 4. The predicted octanol–water partition coefficient (Wildman–Crippen LogP) is 3.23. The third-order valence-electron chi connectivity index (χ3n) is 5.18. The Morgan fingerprint density at radius 1 is 1.03 bits per heavy atom. The van der Waals surface area contributed by atoms with Crippen molar-refractivity contribution in [3.05, 3.63) is 51.4 Å². The van der Waals surface area contributed by atoms with Crippen LogP contribution in [0.1, 0.15) is 28.3 Å². The number of fused-ring (bicyclic) bond motifs is 1. The molecular weight excluding hydrogens is 422 g/mol. The Hall–Kier alpha value is -2.55. The van der Waals surface area contributed by atoms with Crippen LogP contribution in [-0.4, -0.2) is 57.6 Å². The van der Waals surface area contributed by atoms with E-state index in [-0.39, 0.29) is 24.5 Å². The van der Waals surface area contributed by atoms with E-state index < -0.39 is 0 Å². The van der Waals surface area contributed by atoms with Gasteiger partial charge in [0.1, 0.15) is 11.6 Å². The highest BCUT2D eigenvalue weighted by Gasteiger charge is 2.22. The van der Waals surface area contributed by atoms with E-state index in [0.29, 0.717) is 40.5 Å². The molecule has 2 aromatic heterocycles. The summed E-state index contributed by atoms with van der Waals surface area (Å²) in [7, 11) is 0. The van der Waals surface area contributed by atoms with Crippen LogP contribution >= 0.6 is 22.9 Å². The predicted molar refractivity (Wildman–Crippen MR) is 119 cm³/mol. The molecule has 0 atom stereocenters. The number of carbonyl (C=O) groups is 2. The molecule has 9 heteroatoms. The van der Waals surface area contributed by atoms with Crippen molar-refractivity contribution in [2.24, 2.45) is 0 Å². The highest BCUT2D eigenvalue weighted by atomic mass is 35.5. The Bertz CT molecular complexity index is 1080. The van der Waals surface area contributed by atoms with Crippen molar-refractivity contribution < 1.29 is 9.59 Å². The third-order valence-corrected chi connectivity index (χ3v) is 6.46. The first kappa shape index (κ1) is 20.7. The minimum atomic E-state index is -0.0371. The number of ketones is 1. The number of halogens is 1. The summed E-state index contributed by atoms with van der Waals surface area (Å²) in [5.41, 5.74) is 6.91. The first-order valence-corrected chi connectivity index (χ1v) is 11.0. The van der Waals surface area contributed by atoms with E-state index in [1.165, 1.54) is 11.3 Å². The van der Waals surface area contributed by atoms with Crippen molar-refractivity contribution >= 4 is 51.3 Å². The minimum absolute atomic E-state index is 0.0110. The van der Waals surface area contributed by atoms with Gasteiger partial charge in [0.2, 0.25) is 5.91 Å². The number of para-hydroxylation sites is 1. The molecule has 1 aromatic carbocycles. The monoisotopic (exact) mass is 443 g/mol. The number of thiophene rings is 1. The smallest absolute Gasteiger partial charge is 0.223 e. The lowest BCUT2D eigenvalue weighted by Gasteiger charge is -2.34. The van der Waals surface area contributed by atoms with Crippen LogP contribution < -0.4 is 5.73 Å². The minimum Gasteiger partial charge on any atom is -0.383 e. The van der Waals surface area contributed by atoms with Gasteiger partial charge in [-0.15, -0.1) is 11.3 Å². The van der Waals surface area contributed by atoms with Crippen LogP contribution in [0.2, 0.25) is 4.34 Å². The zero-order valence-electron chi connectivity index (χ0n) is 16.4. The molecule has 30 heavy (non-hydrogen) atoms. The average Bonchev–Trinajstić information content (AvgIpc) is 3.19. The molecule has 0 radical (unpaired) electrons. The van der Waals surface area contributed by atoms with Crippen molar-refractivity contribution in [2.45, 2.75) is 19.4 Å². The van der Waals surface area contributed by atoms with Gasteiger partial charge in [-0.25, -0.2) is 9.97 Å². The lowest BCUT2D eigenvalue weighted by Crippen LogP contribution is -2.48. The van der Waals surface area contributed by atoms with E-state index in [2.05, 4.69) is 14.9 Å². The number of rotatable bonds is 6. The summed E-state index contributed by atoms with van der Waals surface area (Å²) in [5, 5.41) is 0.857. The molecule has 1 aliphatic heterocycles. The van der Waals surface area contributed by atoms with Crippen molar-refractivity contribution in [2.75, 3.05) is 31.9 Å². The first-order valence-electron chi connectivity index (χ1n) is 9.79. The molecule has 3 heterocycles. The van der Waals surface area contributed by atoms with Gasteiger partial charge in [0.05, 0.1) is 21.3 Å². The number of hydrogen-bond acceptors (Lipinski definition) is 7. The maximum absolute atomic E-state index is 12.5. The SMILES string of the molecule is Nc1nc(CN2CCN(C(=O)CCC(=O)c3ccc(Cl)s3)CC2)nc2ccccc12. The molecule has 1 amide bonds. The van der Waals surface area contributed by atoms with Gasteiger partial charge >= 0.3 is 0 Å². The highest BCUT2D eigenvalue weighted by molar-refractivity contribution is 7.18. The maximum atomic E-state index is 12.5. The summed E-state index contributed by atoms with van der Waals surface area (Å²) in [5.74, 6) is 1.15. The van der Waals surface area contributed by atoms with E-state index in [9.17, 15) is 9.59 Å². The number of nitrogens with two attached hydrogens (primary N) is 1. The Balaban J connectivity index is 1.27. The van der Waals surface area contributed by atoms with Gasteiger partial charge in [0, 0.05) is 44.4 Å². The molecule has 2 N–H and O–H groups in total. The Morgan fingerprint density at radius 2 is 1.80 bits per heavy atom. The summed E-state index contributed by atoms with van der Waals surface area (Å²) in [6.45, 7) is 3.31. The van der Waals surface area contributed by atoms with Crippen molar-refractivity contribution in [1.82, 2.24) is 19.8 Å². The molecule has 7 nitrogen and oxygen atoms in total. The fraction of sp³-hybridized carbons (Fsp3) is 0.333. The Kier molecular flexibility index (Phi) is 6.26. The molecular formula is C21H22ClN5O2S. The normalized spacial score (nSPS) is 14.9. The van der Waals surface area contributed by atoms with Crippen LogP contribution in [0.25, 0.3) is 10.9 Å². The number of benzene rings is 1. The van der Waals surface area contributed by atoms with Crippen molar-refractivity contribution in [1.29, 1.82) is 0 Å². The van der Waals surface area contributed by atoms with Crippen LogP contribution in [0.4, 0.5) is 5.82 Å². The first-order chi connectivity index (χ1) is 14.5. The van der Waals surface area contributed by atoms with Gasteiger partial charge in [-0.05, 0) is 24.3 Å². The number of amides is 1. The zero-order valence-corrected chi connectivity index (χ0v) is 18.0. The molecule has 0 saturated carbocycles. The molecule has 1 fully saturated rings. The average molecular weight is 444 g/mol. The molecule has 0 aliphatic carbocycles. The molecule has 156 valence electrons. The van der Waals surface area contributed by atoms with Gasteiger partial charge in [-0.1, -0.05) is 23.7 Å². The Morgan fingerprint density at radius 3 is 2.53 bits per heavy atom. The summed E-state index contributed by atoms with van der Waals surface area (Å²) in [4.78, 5) is 38.3. The summed E-state index contributed by atoms with van der Waals surface area (Å²) in [6.07, 6.45) is 0.429. The number of carbonyl (C=O) groups excluding carboxylic acids is 2. The molecule has 3 aromatic rings. The van der Waals surface area contributed by atoms with Gasteiger partial charge < -0.3 is 10.6 Å². The van der Waals surface area contributed by atoms with Gasteiger partial charge in [0.25, 0.3) is 0 Å². The third kappa shape index (κ3) is 4.77. The summed E-state index contributed by atoms with van der Waals surface area (Å²) >= 11 is 7.12. The number of aromatic nitrogens is 2. The lowest BCUT2D eigenvalue weighted by molar-refractivity contribution is -0.133. The molecule has 4 rings (SSSR count). The molecule has 1 aliphatic rings. The van der Waals surface area contributed by atoms with E-state index in [1.54, 1.807) is 12.1 Å². The summed E-state index contributed by atoms with van der Waals surface area (Å²) in [6, 6.07) is 11.1. The van der Waals surface area contributed by atoms with E-state index >= 15 is 0 Å². The van der Waals surface area contributed by atoms with Gasteiger partial charge in [0.15, 0.2) is 5.78 Å². The number of Topliss-reactive ketones (excluding diaryl/α,β-unsaturated/α-hetero) is 1. The highest BCUT2D eigenvalue weighted by Crippen LogP contribution is 2.23.